The number of nitrogens with one attached hydrogen (secondary N) is 1. The van der Waals surface area contributed by atoms with Gasteiger partial charge >= 0.3 is 0 Å². The van der Waals surface area contributed by atoms with Crippen molar-refractivity contribution in [2.45, 2.75) is 18.7 Å². The van der Waals surface area contributed by atoms with Crippen LogP contribution < -0.4 is 19.2 Å². The highest BCUT2D eigenvalue weighted by Gasteiger charge is 2.27. The summed E-state index contributed by atoms with van der Waals surface area (Å²) in [6.07, 6.45) is 3.08. The van der Waals surface area contributed by atoms with E-state index >= 15 is 0 Å². The molecule has 8 nitrogen and oxygen atoms in total. The van der Waals surface area contributed by atoms with E-state index in [-0.39, 0.29) is 4.90 Å². The lowest BCUT2D eigenvalue weighted by Crippen LogP contribution is -2.39. The van der Waals surface area contributed by atoms with E-state index in [1.165, 1.54) is 18.3 Å². The number of aryl methyl sites for hydroxylation is 1. The number of nitrogens with zero attached hydrogens (tertiary/aromatic N) is 2. The van der Waals surface area contributed by atoms with E-state index in [0.29, 0.717) is 36.0 Å². The molecule has 0 bridgehead atoms. The van der Waals surface area contributed by atoms with E-state index in [1.807, 2.05) is 13.8 Å². The molecule has 0 heterocycles. The number of rotatable bonds is 12. The van der Waals surface area contributed by atoms with Crippen LogP contribution in [-0.2, 0) is 14.8 Å². The first kappa shape index (κ1) is 27.9. The maximum atomic E-state index is 13.4. The molecule has 0 fully saturated rings. The van der Waals surface area contributed by atoms with Gasteiger partial charge in [0.05, 0.1) is 23.4 Å². The van der Waals surface area contributed by atoms with Gasteiger partial charge < -0.3 is 9.47 Å². The molecule has 0 atom stereocenters. The van der Waals surface area contributed by atoms with Crippen molar-refractivity contribution in [3.05, 3.63) is 95.0 Å². The zero-order valence-corrected chi connectivity index (χ0v) is 23.0. The number of amides is 1. The van der Waals surface area contributed by atoms with Crippen molar-refractivity contribution in [3.63, 3.8) is 0 Å². The van der Waals surface area contributed by atoms with E-state index in [1.54, 1.807) is 60.7 Å². The molecule has 0 aliphatic rings. The second-order valence-corrected chi connectivity index (χ2v) is 10.6. The number of hydrogen-bond donors (Lipinski definition) is 1. The van der Waals surface area contributed by atoms with Crippen LogP contribution in [-0.4, -0.2) is 40.3 Å². The number of benzene rings is 3. The maximum absolute atomic E-state index is 13.4. The molecule has 37 heavy (non-hydrogen) atoms. The Hall–Kier alpha value is -3.63. The van der Waals surface area contributed by atoms with Crippen molar-refractivity contribution in [2.75, 3.05) is 24.1 Å². The molecule has 0 aromatic heterocycles. The van der Waals surface area contributed by atoms with E-state index in [9.17, 15) is 13.2 Å². The summed E-state index contributed by atoms with van der Waals surface area (Å²) >= 11 is 3.35. The summed E-state index contributed by atoms with van der Waals surface area (Å²) in [6.45, 7) is 7.68. The van der Waals surface area contributed by atoms with E-state index in [0.717, 1.165) is 14.3 Å². The zero-order valence-electron chi connectivity index (χ0n) is 20.6. The number of anilines is 1. The number of sulfonamides is 1. The Bertz CT molecular complexity index is 1360. The Labute approximate surface area is 225 Å². The molecule has 0 aliphatic heterocycles. The molecule has 0 aliphatic carbocycles. The lowest BCUT2D eigenvalue weighted by Gasteiger charge is -2.23. The SMILES string of the molecule is C=CCOc1ccc(/C=N\NC(=O)CN(c2ccc(Br)cc2)S(=O)(=O)c2ccc(C)cc2)cc1OCC. The monoisotopic (exact) mass is 585 g/mol. The average Bonchev–Trinajstić information content (AvgIpc) is 2.88. The number of carbonyl (C=O) groups excluding carboxylic acids is 1. The van der Waals surface area contributed by atoms with Crippen LogP contribution in [0.3, 0.4) is 0 Å². The summed E-state index contributed by atoms with van der Waals surface area (Å²) < 4.78 is 39.9. The van der Waals surface area contributed by atoms with Gasteiger partial charge in [0.1, 0.15) is 13.2 Å². The molecule has 3 aromatic rings. The van der Waals surface area contributed by atoms with Crippen molar-refractivity contribution >= 4 is 43.8 Å². The summed E-state index contributed by atoms with van der Waals surface area (Å²) in [4.78, 5) is 12.8. The van der Waals surface area contributed by atoms with Gasteiger partial charge in [0.2, 0.25) is 0 Å². The minimum Gasteiger partial charge on any atom is -0.490 e. The number of hydrogen-bond acceptors (Lipinski definition) is 6. The van der Waals surface area contributed by atoms with Crippen LogP contribution >= 0.6 is 15.9 Å². The fourth-order valence-corrected chi connectivity index (χ4v) is 4.93. The number of ether oxygens (including phenoxy) is 2. The maximum Gasteiger partial charge on any atom is 0.264 e. The molecule has 0 saturated heterocycles. The summed E-state index contributed by atoms with van der Waals surface area (Å²) in [5.74, 6) is 0.491. The minimum atomic E-state index is -4.01. The molecule has 194 valence electrons. The van der Waals surface area contributed by atoms with Gasteiger partial charge in [0.15, 0.2) is 11.5 Å². The Morgan fingerprint density at radius 1 is 1.05 bits per heavy atom. The molecule has 10 heteroatoms. The average molecular weight is 587 g/mol. The molecule has 0 saturated carbocycles. The predicted octanol–water partition coefficient (Wildman–Crippen LogP) is 5.07. The van der Waals surface area contributed by atoms with E-state index < -0.39 is 22.5 Å². The summed E-state index contributed by atoms with van der Waals surface area (Å²) in [5, 5.41) is 4.00. The quantitative estimate of drug-likeness (QED) is 0.182. The van der Waals surface area contributed by atoms with Crippen molar-refractivity contribution in [2.24, 2.45) is 5.10 Å². The lowest BCUT2D eigenvalue weighted by molar-refractivity contribution is -0.119. The molecule has 0 spiro atoms. The molecule has 1 amide bonds. The Morgan fingerprint density at radius 3 is 2.41 bits per heavy atom. The first-order valence-corrected chi connectivity index (χ1v) is 13.7. The minimum absolute atomic E-state index is 0.0829. The van der Waals surface area contributed by atoms with Gasteiger partial charge in [-0.1, -0.05) is 46.3 Å². The second kappa shape index (κ2) is 13.1. The zero-order chi connectivity index (χ0) is 26.8. The van der Waals surface area contributed by atoms with Crippen LogP contribution in [0.15, 0.2) is 93.9 Å². The third-order valence-corrected chi connectivity index (χ3v) is 7.35. The summed E-state index contributed by atoms with van der Waals surface area (Å²) in [7, 11) is -4.01. The second-order valence-electron chi connectivity index (χ2n) is 7.83. The molecule has 0 unspecified atom stereocenters. The third kappa shape index (κ3) is 7.68. The smallest absolute Gasteiger partial charge is 0.264 e. The predicted molar refractivity (Wildman–Crippen MR) is 149 cm³/mol. The molecule has 1 N–H and O–H groups in total. The first-order chi connectivity index (χ1) is 17.7. The molecule has 3 rings (SSSR count). The largest absolute Gasteiger partial charge is 0.490 e. The summed E-state index contributed by atoms with van der Waals surface area (Å²) in [6, 6.07) is 18.3. The van der Waals surface area contributed by atoms with Gasteiger partial charge in [-0.25, -0.2) is 13.8 Å². The topological polar surface area (TPSA) is 97.3 Å². The van der Waals surface area contributed by atoms with E-state index in [2.05, 4.69) is 33.0 Å². The summed E-state index contributed by atoms with van der Waals surface area (Å²) in [5.41, 5.74) is 4.34. The van der Waals surface area contributed by atoms with Gasteiger partial charge in [-0.15, -0.1) is 0 Å². The van der Waals surface area contributed by atoms with Crippen LogP contribution in [0.4, 0.5) is 5.69 Å². The highest BCUT2D eigenvalue weighted by atomic mass is 79.9. The number of carbonyl (C=O) groups is 1. The van der Waals surface area contributed by atoms with Gasteiger partial charge in [0, 0.05) is 4.47 Å². The van der Waals surface area contributed by atoms with Crippen LogP contribution in [0.2, 0.25) is 0 Å². The van der Waals surface area contributed by atoms with Crippen molar-refractivity contribution in [3.8, 4) is 11.5 Å². The molecule has 0 radical (unpaired) electrons. The highest BCUT2D eigenvalue weighted by molar-refractivity contribution is 9.10. The molecular formula is C27H28BrN3O5S. The van der Waals surface area contributed by atoms with Gasteiger partial charge in [-0.2, -0.15) is 5.10 Å². The van der Waals surface area contributed by atoms with Crippen molar-refractivity contribution < 1.29 is 22.7 Å². The Kier molecular flexibility index (Phi) is 9.87. The van der Waals surface area contributed by atoms with Crippen molar-refractivity contribution in [1.29, 1.82) is 0 Å². The Morgan fingerprint density at radius 2 is 1.76 bits per heavy atom. The lowest BCUT2D eigenvalue weighted by atomic mass is 10.2. The van der Waals surface area contributed by atoms with E-state index in [4.69, 9.17) is 9.47 Å². The fourth-order valence-electron chi connectivity index (χ4n) is 3.25. The van der Waals surface area contributed by atoms with Crippen LogP contribution in [0.25, 0.3) is 0 Å². The third-order valence-electron chi connectivity index (χ3n) is 5.04. The van der Waals surface area contributed by atoms with Crippen LogP contribution in [0.1, 0.15) is 18.1 Å². The van der Waals surface area contributed by atoms with Crippen LogP contribution in [0, 0.1) is 6.92 Å². The van der Waals surface area contributed by atoms with Crippen LogP contribution in [0.5, 0.6) is 11.5 Å². The highest BCUT2D eigenvalue weighted by Crippen LogP contribution is 2.28. The Balaban J connectivity index is 1.78. The number of hydrazone groups is 1. The molecular weight excluding hydrogens is 558 g/mol. The van der Waals surface area contributed by atoms with Crippen molar-refractivity contribution in [1.82, 2.24) is 5.43 Å². The van der Waals surface area contributed by atoms with Gasteiger partial charge in [0.25, 0.3) is 15.9 Å². The fraction of sp³-hybridized carbons (Fsp3) is 0.185. The normalized spacial score (nSPS) is 11.2. The first-order valence-electron chi connectivity index (χ1n) is 11.4. The van der Waals surface area contributed by atoms with Gasteiger partial charge in [-0.3, -0.25) is 9.10 Å². The van der Waals surface area contributed by atoms with Gasteiger partial charge in [-0.05, 0) is 74.0 Å². The molecule has 3 aromatic carbocycles. The standard InChI is InChI=1S/C27H28BrN3O5S/c1-4-16-36-25-15-8-21(17-26(25)35-5-2)18-29-30-27(32)19-31(23-11-9-22(28)10-12-23)37(33,34)24-13-6-20(3)7-14-24/h4,6-15,17-18H,1,5,16,19H2,2-3H3,(H,30,32)/b29-18-. The number of halogens is 1.